The molecular weight excluding hydrogens is 294 g/mol. The van der Waals surface area contributed by atoms with Crippen LogP contribution in [0.15, 0.2) is 24.4 Å². The zero-order valence-corrected chi connectivity index (χ0v) is 14.0. The van der Waals surface area contributed by atoms with Crippen molar-refractivity contribution in [1.82, 2.24) is 15.2 Å². The van der Waals surface area contributed by atoms with Gasteiger partial charge in [0.1, 0.15) is 11.3 Å². The van der Waals surface area contributed by atoms with E-state index in [4.69, 9.17) is 4.74 Å². The van der Waals surface area contributed by atoms with E-state index in [1.165, 1.54) is 0 Å². The SMILES string of the molecule is CC(C)(C)OC(=O)N1CCC[C@@H](NCC(=O)c2ccccn2)C1. The Morgan fingerprint density at radius 3 is 2.83 bits per heavy atom. The molecule has 126 valence electrons. The number of nitrogens with one attached hydrogen (secondary N) is 1. The molecule has 2 heterocycles. The van der Waals surface area contributed by atoms with Gasteiger partial charge in [0, 0.05) is 25.3 Å². The van der Waals surface area contributed by atoms with Gasteiger partial charge >= 0.3 is 6.09 Å². The number of rotatable bonds is 4. The van der Waals surface area contributed by atoms with Gasteiger partial charge in [0.25, 0.3) is 0 Å². The highest BCUT2D eigenvalue weighted by Crippen LogP contribution is 2.15. The summed E-state index contributed by atoms with van der Waals surface area (Å²) in [4.78, 5) is 29.9. The summed E-state index contributed by atoms with van der Waals surface area (Å²) >= 11 is 0. The largest absolute Gasteiger partial charge is 0.444 e. The second-order valence-corrected chi connectivity index (χ2v) is 6.78. The number of piperidine rings is 1. The number of ether oxygens (including phenoxy) is 1. The van der Waals surface area contributed by atoms with E-state index in [0.29, 0.717) is 18.8 Å². The summed E-state index contributed by atoms with van der Waals surface area (Å²) < 4.78 is 5.40. The van der Waals surface area contributed by atoms with Gasteiger partial charge in [-0.15, -0.1) is 0 Å². The van der Waals surface area contributed by atoms with Crippen LogP contribution in [-0.4, -0.2) is 53.0 Å². The van der Waals surface area contributed by atoms with Crippen LogP contribution in [0.5, 0.6) is 0 Å². The fourth-order valence-electron chi connectivity index (χ4n) is 2.49. The zero-order chi connectivity index (χ0) is 16.9. The van der Waals surface area contributed by atoms with Crippen molar-refractivity contribution in [2.24, 2.45) is 0 Å². The molecule has 1 aromatic heterocycles. The number of nitrogens with zero attached hydrogens (tertiary/aromatic N) is 2. The average Bonchev–Trinajstić information content (AvgIpc) is 2.52. The third-order valence-electron chi connectivity index (χ3n) is 3.57. The highest BCUT2D eigenvalue weighted by atomic mass is 16.6. The third kappa shape index (κ3) is 5.63. The average molecular weight is 319 g/mol. The monoisotopic (exact) mass is 319 g/mol. The van der Waals surface area contributed by atoms with E-state index in [0.717, 1.165) is 12.8 Å². The van der Waals surface area contributed by atoms with E-state index in [1.54, 1.807) is 29.3 Å². The number of amides is 1. The van der Waals surface area contributed by atoms with Gasteiger partial charge in [-0.25, -0.2) is 4.79 Å². The molecule has 23 heavy (non-hydrogen) atoms. The lowest BCUT2D eigenvalue weighted by Gasteiger charge is -2.34. The highest BCUT2D eigenvalue weighted by Gasteiger charge is 2.27. The van der Waals surface area contributed by atoms with Crippen molar-refractivity contribution in [3.8, 4) is 0 Å². The van der Waals surface area contributed by atoms with Gasteiger partial charge in [-0.05, 0) is 45.7 Å². The maximum atomic E-state index is 12.1. The number of likely N-dealkylation sites (tertiary alicyclic amines) is 1. The summed E-state index contributed by atoms with van der Waals surface area (Å²) in [5.41, 5.74) is -0.0355. The lowest BCUT2D eigenvalue weighted by Crippen LogP contribution is -2.50. The van der Waals surface area contributed by atoms with Gasteiger partial charge in [-0.2, -0.15) is 0 Å². The van der Waals surface area contributed by atoms with Crippen molar-refractivity contribution >= 4 is 11.9 Å². The lowest BCUT2D eigenvalue weighted by atomic mass is 10.1. The highest BCUT2D eigenvalue weighted by molar-refractivity contribution is 5.95. The van der Waals surface area contributed by atoms with Crippen LogP contribution in [-0.2, 0) is 4.74 Å². The predicted octanol–water partition coefficient (Wildman–Crippen LogP) is 2.25. The number of hydrogen-bond donors (Lipinski definition) is 1. The Bertz CT molecular complexity index is 540. The Balaban J connectivity index is 1.82. The smallest absolute Gasteiger partial charge is 0.410 e. The molecule has 0 saturated carbocycles. The van der Waals surface area contributed by atoms with Crippen LogP contribution in [0.2, 0.25) is 0 Å². The van der Waals surface area contributed by atoms with Crippen molar-refractivity contribution in [2.75, 3.05) is 19.6 Å². The minimum Gasteiger partial charge on any atom is -0.444 e. The summed E-state index contributed by atoms with van der Waals surface area (Å²) in [7, 11) is 0. The van der Waals surface area contributed by atoms with Crippen LogP contribution < -0.4 is 5.32 Å². The molecule has 0 spiro atoms. The second-order valence-electron chi connectivity index (χ2n) is 6.78. The molecule has 6 heteroatoms. The minimum atomic E-state index is -0.494. The molecule has 0 aliphatic carbocycles. The molecule has 0 aromatic carbocycles. The number of pyridine rings is 1. The van der Waals surface area contributed by atoms with Crippen LogP contribution in [0.1, 0.15) is 44.1 Å². The first kappa shape index (κ1) is 17.4. The molecular formula is C17H25N3O3. The summed E-state index contributed by atoms with van der Waals surface area (Å²) in [6.45, 7) is 7.05. The molecule has 0 unspecified atom stereocenters. The first-order valence-electron chi connectivity index (χ1n) is 8.01. The van der Waals surface area contributed by atoms with Crippen LogP contribution in [0.25, 0.3) is 0 Å². The van der Waals surface area contributed by atoms with Crippen molar-refractivity contribution < 1.29 is 14.3 Å². The maximum Gasteiger partial charge on any atom is 0.410 e. The molecule has 0 radical (unpaired) electrons. The number of Topliss-reactive ketones (excluding diaryl/α,β-unsaturated/α-hetero) is 1. The number of ketones is 1. The molecule has 0 bridgehead atoms. The fourth-order valence-corrected chi connectivity index (χ4v) is 2.49. The predicted molar refractivity (Wildman–Crippen MR) is 87.4 cm³/mol. The summed E-state index contributed by atoms with van der Waals surface area (Å²) in [6.07, 6.45) is 3.15. The standard InChI is InChI=1S/C17H25N3O3/c1-17(2,3)23-16(22)20-10-6-7-13(12-20)19-11-15(21)14-8-4-5-9-18-14/h4-5,8-9,13,19H,6-7,10-12H2,1-3H3/t13-/m1/s1. The van der Waals surface area contributed by atoms with Crippen LogP contribution >= 0.6 is 0 Å². The van der Waals surface area contributed by atoms with Gasteiger partial charge < -0.3 is 15.0 Å². The van der Waals surface area contributed by atoms with Crippen molar-refractivity contribution in [1.29, 1.82) is 0 Å². The number of carbonyl (C=O) groups excluding carboxylic acids is 2. The summed E-state index contributed by atoms with van der Waals surface area (Å²) in [6, 6.07) is 5.39. The zero-order valence-electron chi connectivity index (χ0n) is 14.0. The quantitative estimate of drug-likeness (QED) is 0.862. The Hall–Kier alpha value is -1.95. The molecule has 1 fully saturated rings. The Morgan fingerprint density at radius 1 is 1.39 bits per heavy atom. The van der Waals surface area contributed by atoms with E-state index < -0.39 is 5.60 Å². The second kappa shape index (κ2) is 7.55. The van der Waals surface area contributed by atoms with E-state index in [1.807, 2.05) is 20.8 Å². The third-order valence-corrected chi connectivity index (χ3v) is 3.57. The molecule has 1 N–H and O–H groups in total. The summed E-state index contributed by atoms with van der Waals surface area (Å²) in [5.74, 6) is -0.0417. The molecule has 1 atom stereocenters. The molecule has 1 saturated heterocycles. The van der Waals surface area contributed by atoms with Gasteiger partial charge in [-0.3, -0.25) is 9.78 Å². The van der Waals surface area contributed by atoms with Crippen LogP contribution in [0, 0.1) is 0 Å². The maximum absolute atomic E-state index is 12.1. The van der Waals surface area contributed by atoms with E-state index in [2.05, 4.69) is 10.3 Å². The fraction of sp³-hybridized carbons (Fsp3) is 0.588. The van der Waals surface area contributed by atoms with Crippen LogP contribution in [0.4, 0.5) is 4.79 Å². The van der Waals surface area contributed by atoms with Gasteiger partial charge in [0.15, 0.2) is 5.78 Å². The van der Waals surface area contributed by atoms with Crippen molar-refractivity contribution in [2.45, 2.75) is 45.3 Å². The Labute approximate surface area is 137 Å². The minimum absolute atomic E-state index is 0.0417. The molecule has 6 nitrogen and oxygen atoms in total. The first-order chi connectivity index (χ1) is 10.8. The van der Waals surface area contributed by atoms with E-state index in [-0.39, 0.29) is 24.5 Å². The topological polar surface area (TPSA) is 71.5 Å². The van der Waals surface area contributed by atoms with Crippen molar-refractivity contribution in [3.05, 3.63) is 30.1 Å². The van der Waals surface area contributed by atoms with Crippen molar-refractivity contribution in [3.63, 3.8) is 0 Å². The number of aromatic nitrogens is 1. The molecule has 1 amide bonds. The number of hydrogen-bond acceptors (Lipinski definition) is 5. The van der Waals surface area contributed by atoms with Crippen LogP contribution in [0.3, 0.4) is 0 Å². The molecule has 1 aromatic rings. The normalized spacial score (nSPS) is 18.6. The molecule has 1 aliphatic rings. The molecule has 1 aliphatic heterocycles. The number of carbonyl (C=O) groups is 2. The first-order valence-corrected chi connectivity index (χ1v) is 8.01. The Kier molecular flexibility index (Phi) is 5.71. The Morgan fingerprint density at radius 2 is 2.17 bits per heavy atom. The van der Waals surface area contributed by atoms with Gasteiger partial charge in [0.05, 0.1) is 6.54 Å². The van der Waals surface area contributed by atoms with E-state index in [9.17, 15) is 9.59 Å². The van der Waals surface area contributed by atoms with Gasteiger partial charge in [-0.1, -0.05) is 6.07 Å². The molecule has 2 rings (SSSR count). The van der Waals surface area contributed by atoms with E-state index >= 15 is 0 Å². The summed E-state index contributed by atoms with van der Waals surface area (Å²) in [5, 5.41) is 3.23. The van der Waals surface area contributed by atoms with Gasteiger partial charge in [0.2, 0.25) is 0 Å². The lowest BCUT2D eigenvalue weighted by molar-refractivity contribution is 0.0188.